The predicted octanol–water partition coefficient (Wildman–Crippen LogP) is 2.41. The standard InChI is InChI=1S/C14H23N3O2/c1-3-19-13-9-11(2)16-14(17-13)15-7-4-8-18-10-12-5-6-12/h9,12H,3-8,10H2,1-2H3,(H,15,16,17). The van der Waals surface area contributed by atoms with Gasteiger partial charge in [-0.25, -0.2) is 4.98 Å². The second kappa shape index (κ2) is 7.28. The second-order valence-electron chi connectivity index (χ2n) is 4.90. The second-order valence-corrected chi connectivity index (χ2v) is 4.90. The van der Waals surface area contributed by atoms with Gasteiger partial charge in [-0.05, 0) is 39.0 Å². The molecule has 0 aromatic carbocycles. The van der Waals surface area contributed by atoms with Crippen LogP contribution in [0.1, 0.15) is 31.9 Å². The molecule has 0 unspecified atom stereocenters. The van der Waals surface area contributed by atoms with E-state index in [0.717, 1.165) is 37.8 Å². The Morgan fingerprint density at radius 2 is 2.21 bits per heavy atom. The molecular formula is C14H23N3O2. The highest BCUT2D eigenvalue weighted by atomic mass is 16.5. The van der Waals surface area contributed by atoms with E-state index in [1.54, 1.807) is 0 Å². The van der Waals surface area contributed by atoms with Crippen molar-refractivity contribution in [2.24, 2.45) is 5.92 Å². The molecule has 5 nitrogen and oxygen atoms in total. The molecule has 0 aliphatic heterocycles. The molecule has 0 amide bonds. The molecule has 1 N–H and O–H groups in total. The Labute approximate surface area is 114 Å². The third-order valence-electron chi connectivity index (χ3n) is 2.92. The van der Waals surface area contributed by atoms with E-state index in [4.69, 9.17) is 9.47 Å². The Balaban J connectivity index is 1.65. The molecule has 1 saturated carbocycles. The summed E-state index contributed by atoms with van der Waals surface area (Å²) in [6.07, 6.45) is 3.65. The summed E-state index contributed by atoms with van der Waals surface area (Å²) in [6.45, 7) is 7.05. The Bertz CT molecular complexity index is 394. The van der Waals surface area contributed by atoms with Gasteiger partial charge in [-0.3, -0.25) is 0 Å². The lowest BCUT2D eigenvalue weighted by Crippen LogP contribution is -2.10. The van der Waals surface area contributed by atoms with E-state index >= 15 is 0 Å². The fourth-order valence-electron chi connectivity index (χ4n) is 1.75. The molecule has 1 aromatic heterocycles. The van der Waals surface area contributed by atoms with Crippen LogP contribution in [0.5, 0.6) is 5.88 Å². The number of hydrogen-bond donors (Lipinski definition) is 1. The lowest BCUT2D eigenvalue weighted by molar-refractivity contribution is 0.124. The minimum Gasteiger partial charge on any atom is -0.478 e. The molecule has 0 radical (unpaired) electrons. The highest BCUT2D eigenvalue weighted by molar-refractivity contribution is 5.30. The molecule has 0 spiro atoms. The van der Waals surface area contributed by atoms with E-state index in [1.807, 2.05) is 19.9 Å². The van der Waals surface area contributed by atoms with Crippen LogP contribution >= 0.6 is 0 Å². The Morgan fingerprint density at radius 1 is 1.37 bits per heavy atom. The third kappa shape index (κ3) is 5.42. The highest BCUT2D eigenvalue weighted by Crippen LogP contribution is 2.28. The summed E-state index contributed by atoms with van der Waals surface area (Å²) in [5.74, 6) is 2.09. The van der Waals surface area contributed by atoms with Gasteiger partial charge in [0, 0.05) is 31.5 Å². The van der Waals surface area contributed by atoms with Gasteiger partial charge in [-0.15, -0.1) is 0 Å². The summed E-state index contributed by atoms with van der Waals surface area (Å²) in [4.78, 5) is 8.62. The number of aryl methyl sites for hydroxylation is 1. The van der Waals surface area contributed by atoms with Gasteiger partial charge < -0.3 is 14.8 Å². The maximum Gasteiger partial charge on any atom is 0.226 e. The number of anilines is 1. The first-order valence-electron chi connectivity index (χ1n) is 7.08. The van der Waals surface area contributed by atoms with Crippen molar-refractivity contribution in [2.75, 3.05) is 31.7 Å². The number of hydrogen-bond acceptors (Lipinski definition) is 5. The van der Waals surface area contributed by atoms with Crippen LogP contribution in [0.4, 0.5) is 5.95 Å². The lowest BCUT2D eigenvalue weighted by Gasteiger charge is -2.08. The van der Waals surface area contributed by atoms with Crippen molar-refractivity contribution in [3.05, 3.63) is 11.8 Å². The molecule has 0 bridgehead atoms. The molecule has 5 heteroatoms. The van der Waals surface area contributed by atoms with Gasteiger partial charge >= 0.3 is 0 Å². The summed E-state index contributed by atoms with van der Waals surface area (Å²) < 4.78 is 11.0. The van der Waals surface area contributed by atoms with E-state index < -0.39 is 0 Å². The van der Waals surface area contributed by atoms with Crippen molar-refractivity contribution in [1.82, 2.24) is 9.97 Å². The molecule has 0 atom stereocenters. The first kappa shape index (κ1) is 14.1. The van der Waals surface area contributed by atoms with Crippen LogP contribution < -0.4 is 10.1 Å². The predicted molar refractivity (Wildman–Crippen MR) is 74.6 cm³/mol. The summed E-state index contributed by atoms with van der Waals surface area (Å²) >= 11 is 0. The molecule has 2 rings (SSSR count). The molecule has 1 fully saturated rings. The quantitative estimate of drug-likeness (QED) is 0.695. The molecule has 1 aliphatic carbocycles. The molecule has 1 aromatic rings. The van der Waals surface area contributed by atoms with Crippen LogP contribution in [0.2, 0.25) is 0 Å². The molecule has 1 heterocycles. The summed E-state index contributed by atoms with van der Waals surface area (Å²) in [6, 6.07) is 1.84. The topological polar surface area (TPSA) is 56.3 Å². The first-order valence-corrected chi connectivity index (χ1v) is 7.08. The minimum atomic E-state index is 0.616. The number of nitrogens with zero attached hydrogens (tertiary/aromatic N) is 2. The van der Waals surface area contributed by atoms with Crippen molar-refractivity contribution in [2.45, 2.75) is 33.1 Å². The summed E-state index contributed by atoms with van der Waals surface area (Å²) in [7, 11) is 0. The Morgan fingerprint density at radius 3 is 2.95 bits per heavy atom. The zero-order valence-electron chi connectivity index (χ0n) is 11.8. The molecule has 19 heavy (non-hydrogen) atoms. The van der Waals surface area contributed by atoms with Crippen LogP contribution in [0.15, 0.2) is 6.07 Å². The zero-order valence-corrected chi connectivity index (χ0v) is 11.8. The molecular weight excluding hydrogens is 242 g/mol. The van der Waals surface area contributed by atoms with Crippen molar-refractivity contribution < 1.29 is 9.47 Å². The van der Waals surface area contributed by atoms with E-state index in [2.05, 4.69) is 15.3 Å². The summed E-state index contributed by atoms with van der Waals surface area (Å²) in [5, 5.41) is 3.21. The maximum absolute atomic E-state index is 5.58. The van der Waals surface area contributed by atoms with Crippen LogP contribution in [0.25, 0.3) is 0 Å². The van der Waals surface area contributed by atoms with E-state index in [-0.39, 0.29) is 0 Å². The van der Waals surface area contributed by atoms with Crippen LogP contribution in [0.3, 0.4) is 0 Å². The SMILES string of the molecule is CCOc1cc(C)nc(NCCCOCC2CC2)n1. The zero-order chi connectivity index (χ0) is 13.5. The van der Waals surface area contributed by atoms with Gasteiger partial charge in [0.15, 0.2) is 0 Å². The van der Waals surface area contributed by atoms with Gasteiger partial charge in [0.05, 0.1) is 6.61 Å². The van der Waals surface area contributed by atoms with Crippen molar-refractivity contribution in [3.8, 4) is 5.88 Å². The summed E-state index contributed by atoms with van der Waals surface area (Å²) in [5.41, 5.74) is 0.908. The monoisotopic (exact) mass is 265 g/mol. The van der Waals surface area contributed by atoms with Crippen molar-refractivity contribution in [3.63, 3.8) is 0 Å². The fraction of sp³-hybridized carbons (Fsp3) is 0.714. The van der Waals surface area contributed by atoms with Crippen molar-refractivity contribution in [1.29, 1.82) is 0 Å². The molecule has 1 aliphatic rings. The average molecular weight is 265 g/mol. The average Bonchev–Trinajstić information content (AvgIpc) is 3.17. The highest BCUT2D eigenvalue weighted by Gasteiger charge is 2.20. The van der Waals surface area contributed by atoms with Gasteiger partial charge in [-0.2, -0.15) is 4.98 Å². The third-order valence-corrected chi connectivity index (χ3v) is 2.92. The van der Waals surface area contributed by atoms with Crippen LogP contribution in [0, 0.1) is 12.8 Å². The minimum absolute atomic E-state index is 0.616. The molecule has 106 valence electrons. The van der Waals surface area contributed by atoms with Gasteiger partial charge in [0.25, 0.3) is 0 Å². The van der Waals surface area contributed by atoms with E-state index in [0.29, 0.717) is 18.4 Å². The Kier molecular flexibility index (Phi) is 5.39. The maximum atomic E-state index is 5.58. The van der Waals surface area contributed by atoms with Gasteiger partial charge in [0.1, 0.15) is 0 Å². The Hall–Kier alpha value is -1.36. The van der Waals surface area contributed by atoms with Crippen LogP contribution in [-0.2, 0) is 4.74 Å². The van der Waals surface area contributed by atoms with Crippen molar-refractivity contribution >= 4 is 5.95 Å². The van der Waals surface area contributed by atoms with E-state index in [1.165, 1.54) is 12.8 Å². The largest absolute Gasteiger partial charge is 0.478 e. The van der Waals surface area contributed by atoms with Gasteiger partial charge in [0.2, 0.25) is 11.8 Å². The first-order chi connectivity index (χ1) is 9.28. The molecule has 0 saturated heterocycles. The van der Waals surface area contributed by atoms with Crippen LogP contribution in [-0.4, -0.2) is 36.3 Å². The van der Waals surface area contributed by atoms with Gasteiger partial charge in [-0.1, -0.05) is 0 Å². The lowest BCUT2D eigenvalue weighted by atomic mass is 10.4. The normalized spacial score (nSPS) is 14.4. The smallest absolute Gasteiger partial charge is 0.226 e. The number of ether oxygens (including phenoxy) is 2. The number of rotatable bonds is 9. The fourth-order valence-corrected chi connectivity index (χ4v) is 1.75. The van der Waals surface area contributed by atoms with E-state index in [9.17, 15) is 0 Å². The number of aromatic nitrogens is 2. The number of nitrogens with one attached hydrogen (secondary N) is 1.